The number of halogens is 1. The molecule has 1 saturated heterocycles. The number of carbonyl (C=O) groups is 1. The van der Waals surface area contributed by atoms with E-state index in [9.17, 15) is 13.2 Å². The zero-order chi connectivity index (χ0) is 15.4. The number of alkyl halides is 1. The molecule has 8 heteroatoms. The van der Waals surface area contributed by atoms with E-state index in [0.29, 0.717) is 13.1 Å². The van der Waals surface area contributed by atoms with Gasteiger partial charge >= 0.3 is 16.3 Å². The first-order valence-electron chi connectivity index (χ1n) is 6.75. The van der Waals surface area contributed by atoms with E-state index >= 15 is 0 Å². The Labute approximate surface area is 129 Å². The van der Waals surface area contributed by atoms with Crippen molar-refractivity contribution in [2.45, 2.75) is 45.6 Å². The van der Waals surface area contributed by atoms with Crippen LogP contribution in [0.4, 0.5) is 4.79 Å². The smallest absolute Gasteiger partial charge is 0.425 e. The Morgan fingerprint density at radius 1 is 1.20 bits per heavy atom. The molecule has 0 bridgehead atoms. The Morgan fingerprint density at radius 2 is 1.85 bits per heavy atom. The van der Waals surface area contributed by atoms with Crippen LogP contribution in [-0.2, 0) is 14.9 Å². The first kappa shape index (κ1) is 17.7. The molecule has 1 rings (SSSR count). The predicted molar refractivity (Wildman–Crippen MR) is 81.1 cm³/mol. The van der Waals surface area contributed by atoms with Crippen LogP contribution in [0.5, 0.6) is 0 Å². The van der Waals surface area contributed by atoms with Crippen molar-refractivity contribution < 1.29 is 17.9 Å². The number of amides is 1. The van der Waals surface area contributed by atoms with Crippen LogP contribution in [0.1, 0.15) is 40.0 Å². The van der Waals surface area contributed by atoms with Crippen molar-refractivity contribution in [2.24, 2.45) is 0 Å². The molecule has 0 saturated carbocycles. The van der Waals surface area contributed by atoms with Crippen molar-refractivity contribution in [3.8, 4) is 0 Å². The third-order valence-electron chi connectivity index (χ3n) is 2.80. The van der Waals surface area contributed by atoms with Gasteiger partial charge in [-0.05, 0) is 33.6 Å². The van der Waals surface area contributed by atoms with E-state index in [-0.39, 0.29) is 6.54 Å². The third-order valence-corrected chi connectivity index (χ3v) is 5.26. The molecule has 0 aromatic rings. The number of nitrogens with zero attached hydrogens (tertiary/aromatic N) is 2. The average molecular weight is 371 g/mol. The fourth-order valence-electron chi connectivity index (χ4n) is 1.86. The van der Waals surface area contributed by atoms with Crippen LogP contribution in [0.15, 0.2) is 0 Å². The second kappa shape index (κ2) is 7.09. The van der Waals surface area contributed by atoms with Crippen molar-refractivity contribution >= 4 is 32.2 Å². The van der Waals surface area contributed by atoms with Crippen LogP contribution >= 0.6 is 15.9 Å². The fourth-order valence-corrected chi connectivity index (χ4v) is 3.74. The zero-order valence-electron chi connectivity index (χ0n) is 12.3. The molecule has 0 radical (unpaired) electrons. The highest BCUT2D eigenvalue weighted by Crippen LogP contribution is 2.20. The summed E-state index contributed by atoms with van der Waals surface area (Å²) in [7, 11) is -3.71. The van der Waals surface area contributed by atoms with Gasteiger partial charge in [0.15, 0.2) is 0 Å². The van der Waals surface area contributed by atoms with Crippen LogP contribution in [0, 0.1) is 0 Å². The molecule has 118 valence electrons. The van der Waals surface area contributed by atoms with Crippen molar-refractivity contribution in [1.29, 1.82) is 0 Å². The van der Waals surface area contributed by atoms with E-state index in [2.05, 4.69) is 15.9 Å². The maximum atomic E-state index is 12.2. The van der Waals surface area contributed by atoms with Gasteiger partial charge in [-0.3, -0.25) is 0 Å². The monoisotopic (exact) mass is 370 g/mol. The van der Waals surface area contributed by atoms with Gasteiger partial charge in [0.05, 0.1) is 6.54 Å². The Morgan fingerprint density at radius 3 is 2.40 bits per heavy atom. The second-order valence-corrected chi connectivity index (χ2v) is 8.35. The number of ether oxygens (including phenoxy) is 1. The topological polar surface area (TPSA) is 66.9 Å². The Kier molecular flexibility index (Phi) is 6.27. The summed E-state index contributed by atoms with van der Waals surface area (Å²) < 4.78 is 31.7. The van der Waals surface area contributed by atoms with E-state index in [0.717, 1.165) is 28.9 Å². The van der Waals surface area contributed by atoms with Gasteiger partial charge in [-0.1, -0.05) is 22.4 Å². The van der Waals surface area contributed by atoms with Gasteiger partial charge in [0.1, 0.15) is 5.60 Å². The van der Waals surface area contributed by atoms with Gasteiger partial charge in [-0.2, -0.15) is 17.0 Å². The molecule has 1 heterocycles. The number of rotatable bonds is 5. The van der Waals surface area contributed by atoms with Gasteiger partial charge in [0, 0.05) is 18.4 Å². The van der Waals surface area contributed by atoms with E-state index in [4.69, 9.17) is 4.74 Å². The molecule has 0 aromatic heterocycles. The van der Waals surface area contributed by atoms with Gasteiger partial charge in [0.2, 0.25) is 0 Å². The lowest BCUT2D eigenvalue weighted by Gasteiger charge is -2.24. The van der Waals surface area contributed by atoms with E-state index in [1.54, 1.807) is 20.8 Å². The fraction of sp³-hybridized carbons (Fsp3) is 0.917. The van der Waals surface area contributed by atoms with Gasteiger partial charge in [-0.15, -0.1) is 0 Å². The summed E-state index contributed by atoms with van der Waals surface area (Å²) in [6.07, 6.45) is 1.99. The molecule has 1 amide bonds. The molecule has 0 atom stereocenters. The van der Waals surface area contributed by atoms with Gasteiger partial charge in [-0.25, -0.2) is 4.79 Å². The zero-order valence-corrected chi connectivity index (χ0v) is 14.7. The van der Waals surface area contributed by atoms with Gasteiger partial charge < -0.3 is 4.74 Å². The van der Waals surface area contributed by atoms with Crippen molar-refractivity contribution in [3.05, 3.63) is 0 Å². The average Bonchev–Trinajstić information content (AvgIpc) is 2.58. The van der Waals surface area contributed by atoms with E-state index in [1.165, 1.54) is 4.31 Å². The number of hydrogen-bond acceptors (Lipinski definition) is 4. The van der Waals surface area contributed by atoms with Crippen molar-refractivity contribution in [3.63, 3.8) is 0 Å². The molecular formula is C12H23BrN2O4S. The Hall–Kier alpha value is -0.340. The summed E-state index contributed by atoms with van der Waals surface area (Å²) in [5.41, 5.74) is -0.699. The van der Waals surface area contributed by atoms with Gasteiger partial charge in [0.25, 0.3) is 0 Å². The van der Waals surface area contributed by atoms with Crippen LogP contribution < -0.4 is 0 Å². The van der Waals surface area contributed by atoms with Crippen LogP contribution in [0.25, 0.3) is 0 Å². The third kappa shape index (κ3) is 4.89. The molecule has 20 heavy (non-hydrogen) atoms. The summed E-state index contributed by atoms with van der Waals surface area (Å²) in [5, 5.41) is 0.920. The lowest BCUT2D eigenvalue weighted by Crippen LogP contribution is -2.40. The SMILES string of the molecule is CC(C)(C)OC(=O)N1CCN(CCCCCBr)S1(=O)=O. The normalized spacial score (nSPS) is 19.3. The highest BCUT2D eigenvalue weighted by Gasteiger charge is 2.41. The lowest BCUT2D eigenvalue weighted by molar-refractivity contribution is 0.0405. The lowest BCUT2D eigenvalue weighted by atomic mass is 10.2. The van der Waals surface area contributed by atoms with E-state index in [1.807, 2.05) is 0 Å². The molecule has 0 aromatic carbocycles. The summed E-state index contributed by atoms with van der Waals surface area (Å²) in [4.78, 5) is 11.9. The van der Waals surface area contributed by atoms with Crippen molar-refractivity contribution in [1.82, 2.24) is 8.61 Å². The molecule has 0 unspecified atom stereocenters. The number of carbonyl (C=O) groups excluding carboxylic acids is 1. The first-order valence-corrected chi connectivity index (χ1v) is 9.27. The number of hydrogen-bond donors (Lipinski definition) is 0. The summed E-state index contributed by atoms with van der Waals surface area (Å²) >= 11 is 3.34. The minimum Gasteiger partial charge on any atom is -0.443 e. The molecule has 0 spiro atoms. The van der Waals surface area contributed by atoms with Crippen LogP contribution in [0.3, 0.4) is 0 Å². The summed E-state index contributed by atoms with van der Waals surface area (Å²) in [5.74, 6) is 0. The maximum Gasteiger partial charge on any atom is 0.425 e. The predicted octanol–water partition coefficient (Wildman–Crippen LogP) is 2.35. The second-order valence-electron chi connectivity index (χ2n) is 5.71. The van der Waals surface area contributed by atoms with Crippen LogP contribution in [-0.4, -0.2) is 53.7 Å². The quantitative estimate of drug-likeness (QED) is 0.550. The molecule has 1 aliphatic heterocycles. The van der Waals surface area contributed by atoms with Crippen LogP contribution in [0.2, 0.25) is 0 Å². The van der Waals surface area contributed by atoms with Crippen molar-refractivity contribution in [2.75, 3.05) is 25.0 Å². The largest absolute Gasteiger partial charge is 0.443 e. The molecule has 0 N–H and O–H groups in total. The number of unbranched alkanes of at least 4 members (excludes halogenated alkanes) is 2. The summed E-state index contributed by atoms with van der Waals surface area (Å²) in [6, 6.07) is 0. The first-order chi connectivity index (χ1) is 9.18. The molecular weight excluding hydrogens is 348 g/mol. The Bertz CT molecular complexity index is 433. The standard InChI is InChI=1S/C12H23BrN2O4S/c1-12(2,3)19-11(16)15-10-9-14(20(15,17)18)8-6-4-5-7-13/h4-10H2,1-3H3. The maximum absolute atomic E-state index is 12.2. The molecule has 1 fully saturated rings. The minimum absolute atomic E-state index is 0.162. The Balaban J connectivity index is 2.59. The summed E-state index contributed by atoms with van der Waals surface area (Å²) in [6.45, 7) is 6.10. The highest BCUT2D eigenvalue weighted by atomic mass is 79.9. The van der Waals surface area contributed by atoms with E-state index < -0.39 is 21.9 Å². The minimum atomic E-state index is -3.71. The molecule has 0 aliphatic carbocycles. The highest BCUT2D eigenvalue weighted by molar-refractivity contribution is 9.09. The molecule has 1 aliphatic rings. The molecule has 6 nitrogen and oxygen atoms in total.